The Bertz CT molecular complexity index is 520. The van der Waals surface area contributed by atoms with Gasteiger partial charge in [0.1, 0.15) is 5.82 Å². The van der Waals surface area contributed by atoms with Crippen LogP contribution >= 0.6 is 33.9 Å². The summed E-state index contributed by atoms with van der Waals surface area (Å²) in [7, 11) is 0. The molecular formula is C11H10IN3S. The van der Waals surface area contributed by atoms with Gasteiger partial charge in [-0.3, -0.25) is 0 Å². The fourth-order valence-electron chi connectivity index (χ4n) is 1.63. The molecule has 0 saturated heterocycles. The SMILES string of the molecule is Nc1nc(-c2cccs2)nc(C2CC2)c1I. The van der Waals surface area contributed by atoms with E-state index in [4.69, 9.17) is 5.73 Å². The van der Waals surface area contributed by atoms with Crippen LogP contribution in [0.15, 0.2) is 17.5 Å². The Morgan fingerprint density at radius 1 is 1.38 bits per heavy atom. The molecule has 3 rings (SSSR count). The molecule has 2 aromatic heterocycles. The van der Waals surface area contributed by atoms with Gasteiger partial charge in [-0.1, -0.05) is 6.07 Å². The van der Waals surface area contributed by atoms with Gasteiger partial charge in [-0.15, -0.1) is 11.3 Å². The van der Waals surface area contributed by atoms with Gasteiger partial charge in [0.25, 0.3) is 0 Å². The maximum absolute atomic E-state index is 5.94. The fraction of sp³-hybridized carbons (Fsp3) is 0.273. The molecule has 1 fully saturated rings. The number of nitrogens with zero attached hydrogens (tertiary/aromatic N) is 2. The van der Waals surface area contributed by atoms with Crippen LogP contribution in [0, 0.1) is 3.57 Å². The van der Waals surface area contributed by atoms with Crippen molar-refractivity contribution in [2.45, 2.75) is 18.8 Å². The number of nitrogens with two attached hydrogens (primary N) is 1. The Balaban J connectivity index is 2.13. The normalized spacial score (nSPS) is 15.3. The fourth-order valence-corrected chi connectivity index (χ4v) is 2.97. The van der Waals surface area contributed by atoms with Gasteiger partial charge in [0.05, 0.1) is 14.1 Å². The van der Waals surface area contributed by atoms with Crippen molar-refractivity contribution < 1.29 is 0 Å². The van der Waals surface area contributed by atoms with Crippen LogP contribution in [-0.2, 0) is 0 Å². The quantitative estimate of drug-likeness (QED) is 0.852. The minimum Gasteiger partial charge on any atom is -0.383 e. The average molecular weight is 343 g/mol. The maximum Gasteiger partial charge on any atom is 0.171 e. The molecule has 0 aromatic carbocycles. The second-order valence-corrected chi connectivity index (χ2v) is 5.91. The van der Waals surface area contributed by atoms with E-state index in [2.05, 4.69) is 32.6 Å². The molecule has 3 nitrogen and oxygen atoms in total. The first-order valence-corrected chi connectivity index (χ1v) is 7.08. The summed E-state index contributed by atoms with van der Waals surface area (Å²) in [5, 5.41) is 2.03. The lowest BCUT2D eigenvalue weighted by molar-refractivity contribution is 0.985. The Morgan fingerprint density at radius 3 is 2.81 bits per heavy atom. The molecule has 2 aromatic rings. The van der Waals surface area contributed by atoms with Crippen molar-refractivity contribution in [3.63, 3.8) is 0 Å². The molecule has 0 atom stereocenters. The molecule has 1 saturated carbocycles. The van der Waals surface area contributed by atoms with Crippen LogP contribution in [0.3, 0.4) is 0 Å². The monoisotopic (exact) mass is 343 g/mol. The molecule has 0 bridgehead atoms. The van der Waals surface area contributed by atoms with Gasteiger partial charge >= 0.3 is 0 Å². The van der Waals surface area contributed by atoms with Crippen molar-refractivity contribution >= 4 is 39.7 Å². The highest BCUT2D eigenvalue weighted by atomic mass is 127. The van der Waals surface area contributed by atoms with E-state index in [1.807, 2.05) is 17.5 Å². The summed E-state index contributed by atoms with van der Waals surface area (Å²) < 4.78 is 1.03. The van der Waals surface area contributed by atoms with E-state index in [1.165, 1.54) is 12.8 Å². The molecule has 0 unspecified atom stereocenters. The van der Waals surface area contributed by atoms with Gasteiger partial charge in [-0.2, -0.15) is 0 Å². The van der Waals surface area contributed by atoms with Crippen LogP contribution in [0.5, 0.6) is 0 Å². The van der Waals surface area contributed by atoms with Gasteiger partial charge in [0.2, 0.25) is 0 Å². The van der Waals surface area contributed by atoms with Gasteiger partial charge in [0, 0.05) is 5.92 Å². The van der Waals surface area contributed by atoms with Crippen molar-refractivity contribution in [3.05, 3.63) is 26.8 Å². The molecule has 0 spiro atoms. The molecule has 2 N–H and O–H groups in total. The summed E-state index contributed by atoms with van der Waals surface area (Å²) in [6, 6.07) is 4.04. The minimum absolute atomic E-state index is 0.607. The molecule has 2 heterocycles. The summed E-state index contributed by atoms with van der Waals surface area (Å²) in [5.41, 5.74) is 7.07. The predicted molar refractivity (Wildman–Crippen MR) is 74.4 cm³/mol. The van der Waals surface area contributed by atoms with Crippen LogP contribution in [0.4, 0.5) is 5.82 Å². The van der Waals surface area contributed by atoms with E-state index in [9.17, 15) is 0 Å². The van der Waals surface area contributed by atoms with Crippen LogP contribution < -0.4 is 5.73 Å². The lowest BCUT2D eigenvalue weighted by Gasteiger charge is -2.06. The van der Waals surface area contributed by atoms with Crippen LogP contribution in [0.1, 0.15) is 24.5 Å². The zero-order valence-corrected chi connectivity index (χ0v) is 11.5. The Labute approximate surface area is 111 Å². The minimum atomic E-state index is 0.607. The summed E-state index contributed by atoms with van der Waals surface area (Å²) in [6.45, 7) is 0. The highest BCUT2D eigenvalue weighted by molar-refractivity contribution is 14.1. The zero-order chi connectivity index (χ0) is 11.1. The number of aromatic nitrogens is 2. The topological polar surface area (TPSA) is 51.8 Å². The van der Waals surface area contributed by atoms with Gasteiger partial charge < -0.3 is 5.73 Å². The summed E-state index contributed by atoms with van der Waals surface area (Å²) >= 11 is 3.90. The van der Waals surface area contributed by atoms with E-state index in [1.54, 1.807) is 11.3 Å². The lowest BCUT2D eigenvalue weighted by atomic mass is 10.2. The van der Waals surface area contributed by atoms with Crippen molar-refractivity contribution in [3.8, 4) is 10.7 Å². The highest BCUT2D eigenvalue weighted by Crippen LogP contribution is 2.42. The van der Waals surface area contributed by atoms with Crippen LogP contribution in [0.2, 0.25) is 0 Å². The van der Waals surface area contributed by atoms with E-state index in [0.717, 1.165) is 20.0 Å². The second kappa shape index (κ2) is 3.96. The molecule has 1 aliphatic rings. The standard InChI is InChI=1S/C11H10IN3S/c12-8-9(6-3-4-6)14-11(15-10(8)13)7-2-1-5-16-7/h1-2,5-6H,3-4H2,(H2,13,14,15). The number of anilines is 1. The predicted octanol–water partition coefficient (Wildman–Crippen LogP) is 3.27. The Kier molecular flexibility index (Phi) is 2.59. The number of hydrogen-bond donors (Lipinski definition) is 1. The summed E-state index contributed by atoms with van der Waals surface area (Å²) in [4.78, 5) is 10.1. The molecular weight excluding hydrogens is 333 g/mol. The molecule has 0 aliphatic heterocycles. The van der Waals surface area contributed by atoms with Crippen LogP contribution in [-0.4, -0.2) is 9.97 Å². The average Bonchev–Trinajstić information content (AvgIpc) is 2.96. The maximum atomic E-state index is 5.94. The van der Waals surface area contributed by atoms with E-state index in [0.29, 0.717) is 11.7 Å². The summed E-state index contributed by atoms with van der Waals surface area (Å²) in [6.07, 6.45) is 2.46. The van der Waals surface area contributed by atoms with Crippen molar-refractivity contribution in [2.75, 3.05) is 5.73 Å². The van der Waals surface area contributed by atoms with E-state index < -0.39 is 0 Å². The molecule has 0 radical (unpaired) electrons. The third-order valence-corrected chi connectivity index (χ3v) is 4.58. The number of rotatable bonds is 2. The lowest BCUT2D eigenvalue weighted by Crippen LogP contribution is -2.03. The number of nitrogen functional groups attached to an aromatic ring is 1. The zero-order valence-electron chi connectivity index (χ0n) is 8.48. The molecule has 82 valence electrons. The van der Waals surface area contributed by atoms with Crippen molar-refractivity contribution in [1.82, 2.24) is 9.97 Å². The first-order chi connectivity index (χ1) is 7.75. The number of halogens is 1. The largest absolute Gasteiger partial charge is 0.383 e. The first kappa shape index (κ1) is 10.5. The number of hydrogen-bond acceptors (Lipinski definition) is 4. The third-order valence-electron chi connectivity index (χ3n) is 2.61. The van der Waals surface area contributed by atoms with Crippen molar-refractivity contribution in [2.24, 2.45) is 0 Å². The smallest absolute Gasteiger partial charge is 0.171 e. The van der Waals surface area contributed by atoms with Gasteiger partial charge in [0.15, 0.2) is 5.82 Å². The summed E-state index contributed by atoms with van der Waals surface area (Å²) in [5.74, 6) is 1.99. The highest BCUT2D eigenvalue weighted by Gasteiger charge is 2.29. The molecule has 5 heteroatoms. The number of thiophene rings is 1. The van der Waals surface area contributed by atoms with Gasteiger partial charge in [-0.25, -0.2) is 9.97 Å². The molecule has 1 aliphatic carbocycles. The molecule has 0 amide bonds. The Morgan fingerprint density at radius 2 is 2.19 bits per heavy atom. The van der Waals surface area contributed by atoms with E-state index in [-0.39, 0.29) is 0 Å². The Hall–Kier alpha value is -0.690. The first-order valence-electron chi connectivity index (χ1n) is 5.12. The van der Waals surface area contributed by atoms with Crippen LogP contribution in [0.25, 0.3) is 10.7 Å². The second-order valence-electron chi connectivity index (χ2n) is 3.88. The molecule has 16 heavy (non-hydrogen) atoms. The third kappa shape index (κ3) is 1.82. The van der Waals surface area contributed by atoms with Crippen molar-refractivity contribution in [1.29, 1.82) is 0 Å². The van der Waals surface area contributed by atoms with E-state index >= 15 is 0 Å². The van der Waals surface area contributed by atoms with Gasteiger partial charge in [-0.05, 0) is 46.9 Å².